The van der Waals surface area contributed by atoms with Crippen molar-refractivity contribution < 1.29 is 14.2 Å². The first-order valence-electron chi connectivity index (χ1n) is 3.90. The molecule has 71 valence electrons. The first kappa shape index (κ1) is 9.86. The van der Waals surface area contributed by atoms with Crippen LogP contribution in [0.15, 0.2) is 18.2 Å². The minimum atomic E-state index is 0.702. The van der Waals surface area contributed by atoms with Crippen molar-refractivity contribution in [3.63, 3.8) is 0 Å². The van der Waals surface area contributed by atoms with Gasteiger partial charge in [0.05, 0.1) is 14.2 Å². The van der Waals surface area contributed by atoms with Crippen LogP contribution in [0, 0.1) is 6.61 Å². The van der Waals surface area contributed by atoms with Gasteiger partial charge in [-0.25, -0.2) is 0 Å². The summed E-state index contributed by atoms with van der Waals surface area (Å²) in [5.74, 6) is 1.42. The largest absolute Gasteiger partial charge is 0.493 e. The van der Waals surface area contributed by atoms with E-state index in [1.165, 1.54) is 0 Å². The predicted molar refractivity (Wildman–Crippen MR) is 50.0 cm³/mol. The maximum atomic E-state index is 5.12. The molecule has 0 aliphatic rings. The topological polar surface area (TPSA) is 27.7 Å². The third-order valence-electron chi connectivity index (χ3n) is 1.66. The number of rotatable bonds is 4. The van der Waals surface area contributed by atoms with E-state index in [2.05, 4.69) is 0 Å². The molecule has 0 aromatic heterocycles. The Morgan fingerprint density at radius 1 is 1.00 bits per heavy atom. The summed E-state index contributed by atoms with van der Waals surface area (Å²) >= 11 is 0. The third kappa shape index (κ3) is 2.36. The molecule has 0 N–H and O–H groups in total. The van der Waals surface area contributed by atoms with Gasteiger partial charge in [-0.05, 0) is 17.7 Å². The van der Waals surface area contributed by atoms with Gasteiger partial charge in [-0.2, -0.15) is 0 Å². The lowest BCUT2D eigenvalue weighted by atomic mass is 10.2. The van der Waals surface area contributed by atoms with E-state index in [0.717, 1.165) is 11.3 Å². The lowest BCUT2D eigenvalue weighted by molar-refractivity contribution is 0.291. The normalized spacial score (nSPS) is 9.77. The zero-order valence-electron chi connectivity index (χ0n) is 8.03. The van der Waals surface area contributed by atoms with E-state index in [1.54, 1.807) is 27.9 Å². The number of hydrogen-bond donors (Lipinski definition) is 0. The third-order valence-corrected chi connectivity index (χ3v) is 1.66. The fourth-order valence-electron chi connectivity index (χ4n) is 1.06. The zero-order valence-corrected chi connectivity index (χ0v) is 8.03. The van der Waals surface area contributed by atoms with Crippen molar-refractivity contribution in [3.8, 4) is 11.5 Å². The first-order chi connectivity index (χ1) is 6.31. The molecule has 0 aliphatic heterocycles. The van der Waals surface area contributed by atoms with Crippen LogP contribution in [0.3, 0.4) is 0 Å². The molecular formula is C10H13O3. The number of hydrogen-bond acceptors (Lipinski definition) is 3. The van der Waals surface area contributed by atoms with Crippen molar-refractivity contribution in [2.24, 2.45) is 0 Å². The van der Waals surface area contributed by atoms with E-state index in [0.29, 0.717) is 5.75 Å². The molecule has 0 fully saturated rings. The van der Waals surface area contributed by atoms with Crippen molar-refractivity contribution in [1.82, 2.24) is 0 Å². The van der Waals surface area contributed by atoms with Gasteiger partial charge >= 0.3 is 0 Å². The average Bonchev–Trinajstić information content (AvgIpc) is 2.18. The van der Waals surface area contributed by atoms with Crippen molar-refractivity contribution >= 4 is 0 Å². The molecule has 3 heteroatoms. The van der Waals surface area contributed by atoms with Gasteiger partial charge in [-0.15, -0.1) is 0 Å². The van der Waals surface area contributed by atoms with Crippen LogP contribution >= 0.6 is 0 Å². The second-order valence-electron chi connectivity index (χ2n) is 2.47. The SMILES string of the molecule is CO[CH]c1ccc(OC)c(OC)c1. The molecule has 1 aromatic rings. The smallest absolute Gasteiger partial charge is 0.161 e. The lowest BCUT2D eigenvalue weighted by Crippen LogP contribution is -1.92. The van der Waals surface area contributed by atoms with E-state index in [-0.39, 0.29) is 0 Å². The van der Waals surface area contributed by atoms with E-state index in [4.69, 9.17) is 14.2 Å². The van der Waals surface area contributed by atoms with Gasteiger partial charge in [0.25, 0.3) is 0 Å². The molecular weight excluding hydrogens is 168 g/mol. The summed E-state index contributed by atoms with van der Waals surface area (Å²) in [5, 5.41) is 0. The fraction of sp³-hybridized carbons (Fsp3) is 0.300. The van der Waals surface area contributed by atoms with Crippen molar-refractivity contribution in [3.05, 3.63) is 30.4 Å². The Morgan fingerprint density at radius 2 is 1.69 bits per heavy atom. The highest BCUT2D eigenvalue weighted by Gasteiger charge is 2.03. The minimum absolute atomic E-state index is 0.702. The number of benzene rings is 1. The standard InChI is InChI=1S/C10H13O3/c1-11-7-8-4-5-9(12-2)10(6-8)13-3/h4-7H,1-3H3. The van der Waals surface area contributed by atoms with Gasteiger partial charge in [-0.1, -0.05) is 6.07 Å². The van der Waals surface area contributed by atoms with E-state index >= 15 is 0 Å². The minimum Gasteiger partial charge on any atom is -0.493 e. The summed E-state index contributed by atoms with van der Waals surface area (Å²) < 4.78 is 15.1. The molecule has 1 rings (SSSR count). The summed E-state index contributed by atoms with van der Waals surface area (Å²) in [7, 11) is 4.82. The molecule has 0 amide bonds. The molecule has 0 saturated carbocycles. The summed E-state index contributed by atoms with van der Waals surface area (Å²) in [6.45, 7) is 1.64. The summed E-state index contributed by atoms with van der Waals surface area (Å²) in [5.41, 5.74) is 0.945. The van der Waals surface area contributed by atoms with Gasteiger partial charge in [0.2, 0.25) is 0 Å². The predicted octanol–water partition coefficient (Wildman–Crippen LogP) is 1.86. The molecule has 0 saturated heterocycles. The monoisotopic (exact) mass is 181 g/mol. The van der Waals surface area contributed by atoms with Gasteiger partial charge in [0, 0.05) is 7.11 Å². The highest BCUT2D eigenvalue weighted by atomic mass is 16.5. The van der Waals surface area contributed by atoms with Crippen LogP contribution < -0.4 is 9.47 Å². The molecule has 0 spiro atoms. The second-order valence-corrected chi connectivity index (χ2v) is 2.47. The molecule has 3 nitrogen and oxygen atoms in total. The van der Waals surface area contributed by atoms with Crippen molar-refractivity contribution in [2.45, 2.75) is 0 Å². The molecule has 0 heterocycles. The first-order valence-corrected chi connectivity index (χ1v) is 3.90. The highest BCUT2D eigenvalue weighted by Crippen LogP contribution is 2.27. The highest BCUT2D eigenvalue weighted by molar-refractivity contribution is 5.44. The zero-order chi connectivity index (χ0) is 9.68. The maximum Gasteiger partial charge on any atom is 0.161 e. The Labute approximate surface area is 78.2 Å². The number of ether oxygens (including phenoxy) is 3. The van der Waals surface area contributed by atoms with Crippen LogP contribution in [0.25, 0.3) is 0 Å². The molecule has 1 radical (unpaired) electrons. The molecule has 0 aliphatic carbocycles. The van der Waals surface area contributed by atoms with Crippen LogP contribution in [-0.4, -0.2) is 21.3 Å². The average molecular weight is 181 g/mol. The van der Waals surface area contributed by atoms with Gasteiger partial charge in [-0.3, -0.25) is 0 Å². The molecule has 0 unspecified atom stereocenters. The maximum absolute atomic E-state index is 5.12. The van der Waals surface area contributed by atoms with Crippen molar-refractivity contribution in [2.75, 3.05) is 21.3 Å². The Bertz CT molecular complexity index is 271. The second kappa shape index (κ2) is 4.72. The Kier molecular flexibility index (Phi) is 3.58. The van der Waals surface area contributed by atoms with E-state index < -0.39 is 0 Å². The van der Waals surface area contributed by atoms with Gasteiger partial charge < -0.3 is 14.2 Å². The Morgan fingerprint density at radius 3 is 2.23 bits per heavy atom. The van der Waals surface area contributed by atoms with Crippen LogP contribution in [-0.2, 0) is 4.74 Å². The molecule has 0 bridgehead atoms. The van der Waals surface area contributed by atoms with Crippen LogP contribution in [0.2, 0.25) is 0 Å². The summed E-state index contributed by atoms with van der Waals surface area (Å²) in [4.78, 5) is 0. The van der Waals surface area contributed by atoms with Crippen LogP contribution in [0.1, 0.15) is 5.56 Å². The van der Waals surface area contributed by atoms with Crippen LogP contribution in [0.4, 0.5) is 0 Å². The molecule has 13 heavy (non-hydrogen) atoms. The fourth-order valence-corrected chi connectivity index (χ4v) is 1.06. The van der Waals surface area contributed by atoms with Gasteiger partial charge in [0.15, 0.2) is 11.5 Å². The van der Waals surface area contributed by atoms with E-state index in [9.17, 15) is 0 Å². The summed E-state index contributed by atoms with van der Waals surface area (Å²) in [6.07, 6.45) is 0. The number of methoxy groups -OCH3 is 3. The molecule has 0 atom stereocenters. The van der Waals surface area contributed by atoms with E-state index in [1.807, 2.05) is 18.2 Å². The Balaban J connectivity index is 2.91. The summed E-state index contributed by atoms with van der Waals surface area (Å²) in [6, 6.07) is 5.58. The Hall–Kier alpha value is -1.22. The van der Waals surface area contributed by atoms with Crippen LogP contribution in [0.5, 0.6) is 11.5 Å². The van der Waals surface area contributed by atoms with Crippen molar-refractivity contribution in [1.29, 1.82) is 0 Å². The molecule has 1 aromatic carbocycles. The van der Waals surface area contributed by atoms with Gasteiger partial charge in [0.1, 0.15) is 6.61 Å². The lowest BCUT2D eigenvalue weighted by Gasteiger charge is -2.08. The quantitative estimate of drug-likeness (QED) is 0.709.